The predicted molar refractivity (Wildman–Crippen MR) is 149 cm³/mol. The van der Waals surface area contributed by atoms with Gasteiger partial charge in [0.2, 0.25) is 0 Å². The van der Waals surface area contributed by atoms with E-state index in [1.165, 1.54) is 32.1 Å². The van der Waals surface area contributed by atoms with Gasteiger partial charge in [-0.1, -0.05) is 42.8 Å². The molecule has 0 radical (unpaired) electrons. The van der Waals surface area contributed by atoms with Gasteiger partial charge in [-0.3, -0.25) is 0 Å². The van der Waals surface area contributed by atoms with Crippen molar-refractivity contribution in [3.63, 3.8) is 0 Å². The first-order valence-electron chi connectivity index (χ1n) is 14.1. The molecule has 2 bridgehead atoms. The van der Waals surface area contributed by atoms with Gasteiger partial charge in [0.15, 0.2) is 0 Å². The number of esters is 1. The number of carbonyl (C=O) groups excluding carboxylic acids is 1. The Morgan fingerprint density at radius 3 is 2.62 bits per heavy atom. The number of rotatable bonds is 12. The van der Waals surface area contributed by atoms with Crippen LogP contribution in [-0.4, -0.2) is 42.5 Å². The molecule has 0 spiro atoms. The number of ether oxygens (including phenoxy) is 2. The minimum atomic E-state index is -0.569. The van der Waals surface area contributed by atoms with Gasteiger partial charge >= 0.3 is 5.97 Å². The molecule has 2 aliphatic carbocycles. The molecule has 5 nitrogen and oxygen atoms in total. The van der Waals surface area contributed by atoms with Gasteiger partial charge in [-0.25, -0.2) is 4.79 Å². The van der Waals surface area contributed by atoms with Crippen LogP contribution in [0.3, 0.4) is 0 Å². The summed E-state index contributed by atoms with van der Waals surface area (Å²) in [5.74, 6) is 2.43. The number of aliphatic hydroxyl groups excluding tert-OH is 1. The second kappa shape index (κ2) is 12.1. The molecule has 2 aromatic carbocycles. The summed E-state index contributed by atoms with van der Waals surface area (Å²) in [4.78, 5) is 12.2. The van der Waals surface area contributed by atoms with Gasteiger partial charge in [0.25, 0.3) is 0 Å². The van der Waals surface area contributed by atoms with Gasteiger partial charge in [-0.2, -0.15) is 0 Å². The van der Waals surface area contributed by atoms with Gasteiger partial charge in [-0.05, 0) is 106 Å². The van der Waals surface area contributed by atoms with Crippen LogP contribution in [0.25, 0.3) is 11.1 Å². The average molecular weight is 508 g/mol. The fourth-order valence-corrected chi connectivity index (χ4v) is 6.54. The molecular formula is C32H45NO4. The third-order valence-corrected chi connectivity index (χ3v) is 8.44. The van der Waals surface area contributed by atoms with Crippen LogP contribution in [0.4, 0.5) is 0 Å². The highest BCUT2D eigenvalue weighted by Gasteiger charge is 2.41. The third kappa shape index (κ3) is 7.01. The summed E-state index contributed by atoms with van der Waals surface area (Å²) in [6, 6.07) is 14.0. The fraction of sp³-hybridized carbons (Fsp3) is 0.594. The van der Waals surface area contributed by atoms with Crippen molar-refractivity contribution in [2.24, 2.45) is 17.8 Å². The first-order chi connectivity index (χ1) is 17.7. The number of fused-ring (bicyclic) bond motifs is 2. The summed E-state index contributed by atoms with van der Waals surface area (Å²) in [5.41, 5.74) is 4.64. The largest absolute Gasteiger partial charge is 0.462 e. The monoisotopic (exact) mass is 507 g/mol. The van der Waals surface area contributed by atoms with E-state index in [4.69, 9.17) is 9.47 Å². The fourth-order valence-electron chi connectivity index (χ4n) is 6.54. The summed E-state index contributed by atoms with van der Waals surface area (Å²) in [5, 5.41) is 14.3. The van der Waals surface area contributed by atoms with Crippen LogP contribution in [0.1, 0.15) is 87.4 Å². The number of aryl methyl sites for hydroxylation is 1. The van der Waals surface area contributed by atoms with Crippen LogP contribution >= 0.6 is 0 Å². The molecule has 2 N–H and O–H groups in total. The van der Waals surface area contributed by atoms with Crippen molar-refractivity contribution in [2.75, 3.05) is 19.8 Å². The van der Waals surface area contributed by atoms with E-state index in [2.05, 4.69) is 31.3 Å². The van der Waals surface area contributed by atoms with Crippen molar-refractivity contribution in [2.45, 2.75) is 84.5 Å². The summed E-state index contributed by atoms with van der Waals surface area (Å²) in [7, 11) is 0. The molecule has 0 aliphatic heterocycles. The van der Waals surface area contributed by atoms with Crippen molar-refractivity contribution in [1.82, 2.24) is 5.32 Å². The molecule has 4 rings (SSSR count). The van der Waals surface area contributed by atoms with Gasteiger partial charge in [-0.15, -0.1) is 0 Å². The standard InChI is InChI=1S/C32H45NO4/c1-6-36-31(35)28-14-13-25(15-21(28)2)30-10-8-7-9-29(30)22(3)37-20-27(34)19-33-32(4,5)18-26-17-23-11-12-24(26)16-23/h7-10,13-15,22-24,26-27,33-34H,6,11-12,16-20H2,1-5H3/t22-,23?,24?,26?,27?/m1/s1. The lowest BCUT2D eigenvalue weighted by Gasteiger charge is -2.34. The molecule has 4 unspecified atom stereocenters. The van der Waals surface area contributed by atoms with Gasteiger partial charge in [0.05, 0.1) is 31.0 Å². The van der Waals surface area contributed by atoms with Crippen LogP contribution in [0.15, 0.2) is 42.5 Å². The lowest BCUT2D eigenvalue weighted by atomic mass is 9.80. The molecule has 2 fully saturated rings. The Bertz CT molecular complexity index is 1060. The predicted octanol–water partition coefficient (Wildman–Crippen LogP) is 6.47. The van der Waals surface area contributed by atoms with Gasteiger partial charge < -0.3 is 19.9 Å². The first-order valence-corrected chi connectivity index (χ1v) is 14.1. The summed E-state index contributed by atoms with van der Waals surface area (Å²) >= 11 is 0. The molecular weight excluding hydrogens is 462 g/mol. The molecule has 2 aliphatic rings. The smallest absolute Gasteiger partial charge is 0.338 e. The zero-order valence-corrected chi connectivity index (χ0v) is 23.3. The van der Waals surface area contributed by atoms with Crippen LogP contribution < -0.4 is 5.32 Å². The van der Waals surface area contributed by atoms with Gasteiger partial charge in [0.1, 0.15) is 0 Å². The van der Waals surface area contributed by atoms with Crippen molar-refractivity contribution >= 4 is 5.97 Å². The molecule has 37 heavy (non-hydrogen) atoms. The zero-order valence-electron chi connectivity index (χ0n) is 23.3. The van der Waals surface area contributed by atoms with E-state index in [0.29, 0.717) is 18.7 Å². The number of benzene rings is 2. The van der Waals surface area contributed by atoms with E-state index < -0.39 is 6.10 Å². The lowest BCUT2D eigenvalue weighted by Crippen LogP contribution is -2.46. The van der Waals surface area contributed by atoms with Crippen LogP contribution in [0, 0.1) is 24.7 Å². The Kier molecular flexibility index (Phi) is 9.10. The molecule has 0 aromatic heterocycles. The summed E-state index contributed by atoms with van der Waals surface area (Å²) in [6.45, 7) is 11.5. The second-order valence-electron chi connectivity index (χ2n) is 11.9. The maximum Gasteiger partial charge on any atom is 0.338 e. The summed E-state index contributed by atoms with van der Waals surface area (Å²) < 4.78 is 11.3. The Morgan fingerprint density at radius 1 is 1.16 bits per heavy atom. The van der Waals surface area contributed by atoms with Crippen molar-refractivity contribution in [3.8, 4) is 11.1 Å². The SMILES string of the molecule is CCOC(=O)c1ccc(-c2ccccc2[C@@H](C)OCC(O)CNC(C)(C)CC2CC3CCC2C3)cc1C. The Hall–Kier alpha value is -2.21. The highest BCUT2D eigenvalue weighted by molar-refractivity contribution is 5.92. The molecule has 5 heteroatoms. The van der Waals surface area contributed by atoms with Crippen molar-refractivity contribution in [3.05, 3.63) is 59.2 Å². The topological polar surface area (TPSA) is 67.8 Å². The number of nitrogens with one attached hydrogen (secondary N) is 1. The van der Waals surface area contributed by atoms with Crippen molar-refractivity contribution in [1.29, 1.82) is 0 Å². The van der Waals surface area contributed by atoms with Crippen LogP contribution in [-0.2, 0) is 9.47 Å². The number of hydrogen-bond donors (Lipinski definition) is 2. The van der Waals surface area contributed by atoms with E-state index in [9.17, 15) is 9.90 Å². The number of aliphatic hydroxyl groups is 1. The molecule has 0 amide bonds. The Morgan fingerprint density at radius 2 is 1.95 bits per heavy atom. The van der Waals surface area contributed by atoms with E-state index >= 15 is 0 Å². The average Bonchev–Trinajstić information content (AvgIpc) is 3.49. The number of hydrogen-bond acceptors (Lipinski definition) is 5. The van der Waals surface area contributed by atoms with E-state index in [1.54, 1.807) is 0 Å². The lowest BCUT2D eigenvalue weighted by molar-refractivity contribution is -0.00459. The van der Waals surface area contributed by atoms with E-state index in [1.807, 2.05) is 51.1 Å². The Balaban J connectivity index is 1.31. The molecule has 202 valence electrons. The maximum atomic E-state index is 12.2. The van der Waals surface area contributed by atoms with Crippen LogP contribution in [0.5, 0.6) is 0 Å². The highest BCUT2D eigenvalue weighted by atomic mass is 16.5. The molecule has 0 saturated heterocycles. The minimum absolute atomic E-state index is 0.0158. The Labute approximate surface area is 223 Å². The van der Waals surface area contributed by atoms with Crippen molar-refractivity contribution < 1.29 is 19.4 Å². The normalized spacial score (nSPS) is 22.7. The molecule has 2 aromatic rings. The maximum absolute atomic E-state index is 12.2. The van der Waals surface area contributed by atoms with Gasteiger partial charge in [0, 0.05) is 12.1 Å². The minimum Gasteiger partial charge on any atom is -0.462 e. The quantitative estimate of drug-likeness (QED) is 0.322. The van der Waals surface area contributed by atoms with E-state index in [-0.39, 0.29) is 24.2 Å². The zero-order chi connectivity index (χ0) is 26.6. The molecule has 5 atom stereocenters. The molecule has 2 saturated carbocycles. The molecule has 0 heterocycles. The number of carbonyl (C=O) groups is 1. The van der Waals surface area contributed by atoms with E-state index in [0.717, 1.165) is 40.0 Å². The first kappa shape index (κ1) is 27.8. The number of β-amino-alcohol motifs (C(OH)–C–C–N with tert-alkyl or cyclic N) is 1. The van der Waals surface area contributed by atoms with Crippen LogP contribution in [0.2, 0.25) is 0 Å². The highest BCUT2D eigenvalue weighted by Crippen LogP contribution is 2.50. The summed E-state index contributed by atoms with van der Waals surface area (Å²) in [6.07, 6.45) is 6.11. The second-order valence-corrected chi connectivity index (χ2v) is 11.9. The third-order valence-electron chi connectivity index (χ3n) is 8.44.